The molecule has 206 valence electrons. The van der Waals surface area contributed by atoms with Gasteiger partial charge in [-0.15, -0.1) is 6.42 Å². The van der Waals surface area contributed by atoms with Crippen LogP contribution in [0.15, 0.2) is 30.5 Å². The summed E-state index contributed by atoms with van der Waals surface area (Å²) < 4.78 is 47.3. The van der Waals surface area contributed by atoms with E-state index in [1.165, 1.54) is 0 Å². The van der Waals surface area contributed by atoms with Gasteiger partial charge < -0.3 is 15.0 Å². The molecule has 1 aromatic carbocycles. The first-order valence-corrected chi connectivity index (χ1v) is 13.2. The molecular weight excluding hydrogens is 511 g/mol. The molecule has 1 saturated carbocycles. The van der Waals surface area contributed by atoms with E-state index in [0.29, 0.717) is 38.8 Å². The summed E-state index contributed by atoms with van der Waals surface area (Å²) >= 11 is 0. The lowest BCUT2D eigenvalue weighted by molar-refractivity contribution is -0.142. The van der Waals surface area contributed by atoms with Gasteiger partial charge >= 0.3 is 12.3 Å². The number of nitrogens with one attached hydrogen (secondary N) is 1. The van der Waals surface area contributed by atoms with Crippen molar-refractivity contribution in [2.75, 3.05) is 22.9 Å². The van der Waals surface area contributed by atoms with Gasteiger partial charge in [-0.25, -0.2) is 14.8 Å². The van der Waals surface area contributed by atoms with Crippen molar-refractivity contribution in [3.05, 3.63) is 47.3 Å². The van der Waals surface area contributed by atoms with Crippen LogP contribution < -0.4 is 15.1 Å². The monoisotopic (exact) mass is 541 g/mol. The lowest BCUT2D eigenvalue weighted by atomic mass is 9.82. The maximum atomic E-state index is 14.0. The molecule has 2 amide bonds. The molecule has 1 N–H and O–H groups in total. The molecule has 5 rings (SSSR count). The Morgan fingerprint density at radius 3 is 2.59 bits per heavy atom. The number of carbonyl (C=O) groups is 2. The summed E-state index contributed by atoms with van der Waals surface area (Å²) in [5.41, 5.74) is -0.537. The van der Waals surface area contributed by atoms with Crippen LogP contribution in [0.5, 0.6) is 0 Å². The standard InChI is InChI=1S/C28H30F3N5O3/c1-2-27(12-6-3-7-13-27)34-23(37)16-20-17-32-25(33-24(20)28(29,30)31)35-14-10-21(11-15-35)36-22-9-5-4-8-19(22)18-39-26(36)38/h1,4-5,8-9,17,21H,3,6-7,10-16,18H2,(H,34,37). The number of nitrogens with zero attached hydrogens (tertiary/aromatic N) is 4. The minimum Gasteiger partial charge on any atom is -0.444 e. The normalized spacial score (nSPS) is 19.6. The van der Waals surface area contributed by atoms with Crippen LogP contribution in [0, 0.1) is 12.3 Å². The van der Waals surface area contributed by atoms with Gasteiger partial charge in [0.2, 0.25) is 11.9 Å². The number of hydrogen-bond acceptors (Lipinski definition) is 6. The van der Waals surface area contributed by atoms with Crippen LogP contribution >= 0.6 is 0 Å². The Bertz CT molecular complexity index is 1280. The van der Waals surface area contributed by atoms with E-state index < -0.39 is 35.8 Å². The molecule has 0 unspecified atom stereocenters. The molecular formula is C28H30F3N5O3. The molecule has 0 spiro atoms. The van der Waals surface area contributed by atoms with Gasteiger partial charge in [0, 0.05) is 36.5 Å². The molecule has 8 nitrogen and oxygen atoms in total. The van der Waals surface area contributed by atoms with E-state index in [4.69, 9.17) is 11.2 Å². The lowest BCUT2D eigenvalue weighted by Crippen LogP contribution is -2.50. The average molecular weight is 542 g/mol. The minimum absolute atomic E-state index is 0.0565. The Labute approximate surface area is 224 Å². The van der Waals surface area contributed by atoms with Crippen molar-refractivity contribution in [3.63, 3.8) is 0 Å². The van der Waals surface area contributed by atoms with E-state index in [2.05, 4.69) is 21.2 Å². The fourth-order valence-electron chi connectivity index (χ4n) is 5.71. The van der Waals surface area contributed by atoms with Crippen molar-refractivity contribution in [1.82, 2.24) is 15.3 Å². The highest BCUT2D eigenvalue weighted by Gasteiger charge is 2.39. The second-order valence-electron chi connectivity index (χ2n) is 10.3. The van der Waals surface area contributed by atoms with Crippen LogP contribution in [0.25, 0.3) is 0 Å². The van der Waals surface area contributed by atoms with Gasteiger partial charge in [-0.2, -0.15) is 13.2 Å². The maximum absolute atomic E-state index is 14.0. The number of alkyl halides is 3. The third-order valence-electron chi connectivity index (χ3n) is 7.74. The van der Waals surface area contributed by atoms with Crippen molar-refractivity contribution in [3.8, 4) is 12.3 Å². The number of anilines is 2. The Hall–Kier alpha value is -3.81. The van der Waals surface area contributed by atoms with Crippen LogP contribution in [0.1, 0.15) is 61.8 Å². The Morgan fingerprint density at radius 2 is 1.90 bits per heavy atom. The van der Waals surface area contributed by atoms with E-state index in [1.807, 2.05) is 24.3 Å². The van der Waals surface area contributed by atoms with Gasteiger partial charge in [-0.1, -0.05) is 43.4 Å². The summed E-state index contributed by atoms with van der Waals surface area (Å²) in [6, 6.07) is 7.35. The first kappa shape index (κ1) is 26.8. The van der Waals surface area contributed by atoms with Gasteiger partial charge in [0.1, 0.15) is 12.1 Å². The highest BCUT2D eigenvalue weighted by molar-refractivity contribution is 5.91. The second kappa shape index (κ2) is 10.8. The highest BCUT2D eigenvalue weighted by atomic mass is 19.4. The predicted octanol–water partition coefficient (Wildman–Crippen LogP) is 4.62. The number of para-hydroxylation sites is 1. The lowest BCUT2D eigenvalue weighted by Gasteiger charge is -2.40. The van der Waals surface area contributed by atoms with Gasteiger partial charge in [-0.05, 0) is 31.7 Å². The summed E-state index contributed by atoms with van der Waals surface area (Å²) in [6.45, 7) is 0.934. The van der Waals surface area contributed by atoms with Crippen LogP contribution in [0.2, 0.25) is 0 Å². The zero-order chi connectivity index (χ0) is 27.6. The molecule has 0 radical (unpaired) electrons. The van der Waals surface area contributed by atoms with Crippen molar-refractivity contribution < 1.29 is 27.5 Å². The molecule has 3 heterocycles. The number of piperidine rings is 1. The molecule has 0 bridgehead atoms. The summed E-state index contributed by atoms with van der Waals surface area (Å²) in [7, 11) is 0. The number of halogens is 3. The predicted molar refractivity (Wildman–Crippen MR) is 138 cm³/mol. The zero-order valence-electron chi connectivity index (χ0n) is 21.5. The number of amides is 2. The molecule has 3 aliphatic rings. The summed E-state index contributed by atoms with van der Waals surface area (Å²) in [5.74, 6) is 2.01. The number of terminal acetylenes is 1. The number of benzene rings is 1. The second-order valence-corrected chi connectivity index (χ2v) is 10.3. The molecule has 2 aliphatic heterocycles. The fraction of sp³-hybridized carbons (Fsp3) is 0.500. The van der Waals surface area contributed by atoms with Gasteiger partial charge in [0.15, 0.2) is 5.69 Å². The van der Waals surface area contributed by atoms with E-state index >= 15 is 0 Å². The summed E-state index contributed by atoms with van der Waals surface area (Å²) in [5, 5.41) is 2.78. The topological polar surface area (TPSA) is 87.7 Å². The third kappa shape index (κ3) is 5.65. The van der Waals surface area contributed by atoms with Crippen molar-refractivity contribution in [2.24, 2.45) is 0 Å². The quantitative estimate of drug-likeness (QED) is 0.556. The fourth-order valence-corrected chi connectivity index (χ4v) is 5.71. The summed E-state index contributed by atoms with van der Waals surface area (Å²) in [4.78, 5) is 36.6. The Kier molecular flexibility index (Phi) is 7.38. The van der Waals surface area contributed by atoms with Gasteiger partial charge in [0.25, 0.3) is 0 Å². The molecule has 2 fully saturated rings. The maximum Gasteiger partial charge on any atom is 0.433 e. The van der Waals surface area contributed by atoms with Crippen LogP contribution in [-0.4, -0.2) is 46.6 Å². The molecule has 1 saturated heterocycles. The third-order valence-corrected chi connectivity index (χ3v) is 7.74. The number of aromatic nitrogens is 2. The highest BCUT2D eigenvalue weighted by Crippen LogP contribution is 2.35. The van der Waals surface area contributed by atoms with Gasteiger partial charge in [-0.3, -0.25) is 9.69 Å². The Balaban J connectivity index is 1.29. The van der Waals surface area contributed by atoms with E-state index in [-0.39, 0.29) is 24.2 Å². The van der Waals surface area contributed by atoms with Gasteiger partial charge in [0.05, 0.1) is 12.1 Å². The molecule has 1 aliphatic carbocycles. The van der Waals surface area contributed by atoms with E-state index in [0.717, 1.165) is 36.7 Å². The number of fused-ring (bicyclic) bond motifs is 1. The number of cyclic esters (lactones) is 1. The van der Waals surface area contributed by atoms with Crippen molar-refractivity contribution >= 4 is 23.6 Å². The van der Waals surface area contributed by atoms with Crippen LogP contribution in [0.3, 0.4) is 0 Å². The molecule has 2 aromatic rings. The first-order chi connectivity index (χ1) is 18.7. The largest absolute Gasteiger partial charge is 0.444 e. The molecule has 39 heavy (non-hydrogen) atoms. The van der Waals surface area contributed by atoms with Crippen molar-refractivity contribution in [1.29, 1.82) is 0 Å². The number of rotatable bonds is 5. The number of ether oxygens (including phenoxy) is 1. The smallest absolute Gasteiger partial charge is 0.433 e. The SMILES string of the molecule is C#CC1(NC(=O)Cc2cnc(N3CCC(N4C(=O)OCc5ccccc54)CC3)nc2C(F)(F)F)CCCCC1. The van der Waals surface area contributed by atoms with E-state index in [9.17, 15) is 22.8 Å². The average Bonchev–Trinajstić information content (AvgIpc) is 2.93. The van der Waals surface area contributed by atoms with Crippen molar-refractivity contribution in [2.45, 2.75) is 75.7 Å². The molecule has 1 aromatic heterocycles. The Morgan fingerprint density at radius 1 is 1.18 bits per heavy atom. The summed E-state index contributed by atoms with van der Waals surface area (Å²) in [6.07, 6.45) is 6.00. The first-order valence-electron chi connectivity index (χ1n) is 13.2. The number of carbonyl (C=O) groups excluding carboxylic acids is 2. The molecule has 0 atom stereocenters. The van der Waals surface area contributed by atoms with Crippen LogP contribution in [-0.2, 0) is 28.7 Å². The minimum atomic E-state index is -4.76. The molecule has 11 heteroatoms. The van der Waals surface area contributed by atoms with Crippen LogP contribution in [0.4, 0.5) is 29.6 Å². The van der Waals surface area contributed by atoms with E-state index in [1.54, 1.807) is 9.80 Å². The number of hydrogen-bond donors (Lipinski definition) is 1. The zero-order valence-corrected chi connectivity index (χ0v) is 21.5.